The molecule has 2 aliphatic rings. The van der Waals surface area contributed by atoms with Crippen molar-refractivity contribution in [1.82, 2.24) is 10.0 Å². The van der Waals surface area contributed by atoms with Gasteiger partial charge in [0.05, 0.1) is 16.8 Å². The second-order valence-electron chi connectivity index (χ2n) is 5.37. The van der Waals surface area contributed by atoms with Gasteiger partial charge in [0.15, 0.2) is 0 Å². The summed E-state index contributed by atoms with van der Waals surface area (Å²) in [4.78, 5) is 0. The maximum absolute atomic E-state index is 12.0. The van der Waals surface area contributed by atoms with Gasteiger partial charge in [0.25, 0.3) is 0 Å². The summed E-state index contributed by atoms with van der Waals surface area (Å²) in [5.41, 5.74) is 0. The molecule has 1 atom stereocenters. The first-order valence-corrected chi connectivity index (χ1v) is 10.2. The molecule has 0 aromatic rings. The first-order chi connectivity index (χ1) is 8.89. The van der Waals surface area contributed by atoms with Crippen molar-refractivity contribution in [2.24, 2.45) is 0 Å². The Hall–Kier alpha value is -0.180. The van der Waals surface area contributed by atoms with Crippen LogP contribution in [0.3, 0.4) is 0 Å². The lowest BCUT2D eigenvalue weighted by molar-refractivity contribution is 0.524. The lowest BCUT2D eigenvalue weighted by atomic mass is 10.2. The van der Waals surface area contributed by atoms with Gasteiger partial charge >= 0.3 is 0 Å². The van der Waals surface area contributed by atoms with Crippen LogP contribution in [0.15, 0.2) is 0 Å². The van der Waals surface area contributed by atoms with E-state index in [1.807, 2.05) is 0 Å². The van der Waals surface area contributed by atoms with Crippen molar-refractivity contribution in [3.8, 4) is 0 Å². The van der Waals surface area contributed by atoms with Gasteiger partial charge in [0, 0.05) is 12.6 Å². The molecule has 0 saturated carbocycles. The molecule has 0 amide bonds. The third kappa shape index (κ3) is 4.40. The van der Waals surface area contributed by atoms with Crippen LogP contribution < -0.4 is 10.0 Å². The van der Waals surface area contributed by atoms with E-state index in [4.69, 9.17) is 0 Å². The first-order valence-electron chi connectivity index (χ1n) is 6.81. The standard InChI is InChI=1S/C11H22N2O4S2/c14-18(15)8-4-11(5-9-18)19(16,17)13-7-3-10-2-1-6-12-10/h10-13H,1-9H2. The van der Waals surface area contributed by atoms with Crippen LogP contribution in [0.4, 0.5) is 0 Å². The fourth-order valence-corrected chi connectivity index (χ4v) is 5.96. The summed E-state index contributed by atoms with van der Waals surface area (Å²) in [6.45, 7) is 1.45. The molecule has 0 bridgehead atoms. The summed E-state index contributed by atoms with van der Waals surface area (Å²) in [5, 5.41) is 2.77. The van der Waals surface area contributed by atoms with E-state index in [0.29, 0.717) is 12.6 Å². The number of rotatable bonds is 5. The largest absolute Gasteiger partial charge is 0.314 e. The molecule has 0 radical (unpaired) electrons. The van der Waals surface area contributed by atoms with Crippen LogP contribution in [0.2, 0.25) is 0 Å². The van der Waals surface area contributed by atoms with Crippen molar-refractivity contribution in [2.75, 3.05) is 24.6 Å². The van der Waals surface area contributed by atoms with E-state index < -0.39 is 25.1 Å². The monoisotopic (exact) mass is 310 g/mol. The average molecular weight is 310 g/mol. The van der Waals surface area contributed by atoms with Gasteiger partial charge in [-0.2, -0.15) is 0 Å². The van der Waals surface area contributed by atoms with Gasteiger partial charge in [-0.3, -0.25) is 0 Å². The first kappa shape index (κ1) is 15.2. The van der Waals surface area contributed by atoms with Crippen molar-refractivity contribution in [1.29, 1.82) is 0 Å². The Kier molecular flexibility index (Phi) is 4.86. The number of hydrogen-bond acceptors (Lipinski definition) is 5. The minimum absolute atomic E-state index is 0.0112. The molecule has 2 saturated heterocycles. The van der Waals surface area contributed by atoms with E-state index in [-0.39, 0.29) is 24.3 Å². The number of nitrogens with one attached hydrogen (secondary N) is 2. The maximum Gasteiger partial charge on any atom is 0.214 e. The average Bonchev–Trinajstić information content (AvgIpc) is 2.81. The molecule has 19 heavy (non-hydrogen) atoms. The van der Waals surface area contributed by atoms with Crippen LogP contribution in [0.25, 0.3) is 0 Å². The molecule has 2 N–H and O–H groups in total. The van der Waals surface area contributed by atoms with Crippen LogP contribution in [-0.2, 0) is 19.9 Å². The molecule has 2 rings (SSSR count). The van der Waals surface area contributed by atoms with Crippen LogP contribution in [0.1, 0.15) is 32.1 Å². The third-order valence-corrected chi connectivity index (χ3v) is 7.57. The fourth-order valence-electron chi connectivity index (χ4n) is 2.68. The fraction of sp³-hybridized carbons (Fsp3) is 1.00. The summed E-state index contributed by atoms with van der Waals surface area (Å²) in [5.74, 6) is -0.0223. The predicted molar refractivity (Wildman–Crippen MR) is 74.2 cm³/mol. The van der Waals surface area contributed by atoms with Gasteiger partial charge < -0.3 is 5.32 Å². The minimum atomic E-state index is -3.37. The van der Waals surface area contributed by atoms with Gasteiger partial charge in [-0.05, 0) is 38.6 Å². The second kappa shape index (κ2) is 6.07. The topological polar surface area (TPSA) is 92.3 Å². The second-order valence-corrected chi connectivity index (χ2v) is 9.72. The van der Waals surface area contributed by atoms with Crippen molar-refractivity contribution in [3.63, 3.8) is 0 Å². The molecule has 0 aromatic carbocycles. The van der Waals surface area contributed by atoms with Crippen LogP contribution in [0.5, 0.6) is 0 Å². The molecular formula is C11H22N2O4S2. The Morgan fingerprint density at radius 1 is 1.16 bits per heavy atom. The summed E-state index contributed by atoms with van der Waals surface area (Å²) >= 11 is 0. The van der Waals surface area contributed by atoms with Gasteiger partial charge in [-0.1, -0.05) is 0 Å². The van der Waals surface area contributed by atoms with E-state index in [1.165, 1.54) is 0 Å². The van der Waals surface area contributed by atoms with Crippen molar-refractivity contribution < 1.29 is 16.8 Å². The molecule has 1 unspecified atom stereocenters. The van der Waals surface area contributed by atoms with Crippen molar-refractivity contribution in [2.45, 2.75) is 43.4 Å². The highest BCUT2D eigenvalue weighted by Gasteiger charge is 2.32. The third-order valence-electron chi connectivity index (χ3n) is 3.90. The van der Waals surface area contributed by atoms with Gasteiger partial charge in [0.2, 0.25) is 10.0 Å². The van der Waals surface area contributed by atoms with E-state index in [0.717, 1.165) is 25.8 Å². The molecule has 0 aliphatic carbocycles. The molecule has 6 nitrogen and oxygen atoms in total. The highest BCUT2D eigenvalue weighted by atomic mass is 32.2. The molecule has 112 valence electrons. The molecule has 0 aromatic heterocycles. The van der Waals surface area contributed by atoms with Gasteiger partial charge in [-0.25, -0.2) is 21.6 Å². The summed E-state index contributed by atoms with van der Waals surface area (Å²) < 4.78 is 49.3. The number of hydrogen-bond donors (Lipinski definition) is 2. The zero-order valence-corrected chi connectivity index (χ0v) is 12.6. The normalized spacial score (nSPS) is 28.5. The highest BCUT2D eigenvalue weighted by molar-refractivity contribution is 7.92. The van der Waals surface area contributed by atoms with E-state index in [1.54, 1.807) is 0 Å². The zero-order valence-electron chi connectivity index (χ0n) is 11.0. The smallest absolute Gasteiger partial charge is 0.214 e. The summed E-state index contributed by atoms with van der Waals surface area (Å²) in [7, 11) is -6.38. The Balaban J connectivity index is 1.78. The molecule has 2 aliphatic heterocycles. The number of sulfonamides is 1. The Morgan fingerprint density at radius 3 is 2.42 bits per heavy atom. The Labute approximate surface area is 115 Å². The molecule has 2 heterocycles. The minimum Gasteiger partial charge on any atom is -0.314 e. The van der Waals surface area contributed by atoms with E-state index in [2.05, 4.69) is 10.0 Å². The zero-order chi connectivity index (χ0) is 13.9. The molecule has 0 spiro atoms. The van der Waals surface area contributed by atoms with Crippen molar-refractivity contribution >= 4 is 19.9 Å². The lowest BCUT2D eigenvalue weighted by Crippen LogP contribution is -2.41. The van der Waals surface area contributed by atoms with E-state index >= 15 is 0 Å². The molecule has 8 heteroatoms. The van der Waals surface area contributed by atoms with Gasteiger partial charge in [0.1, 0.15) is 9.84 Å². The SMILES string of the molecule is O=S1(=O)CCC(S(=O)(=O)NCCC2CCCN2)CC1. The van der Waals surface area contributed by atoms with E-state index in [9.17, 15) is 16.8 Å². The Morgan fingerprint density at radius 2 is 1.84 bits per heavy atom. The predicted octanol–water partition coefficient (Wildman–Crippen LogP) is -0.375. The van der Waals surface area contributed by atoms with Gasteiger partial charge in [-0.15, -0.1) is 0 Å². The number of sulfone groups is 1. The Bertz CT molecular complexity index is 481. The molecule has 2 fully saturated rings. The summed E-state index contributed by atoms with van der Waals surface area (Å²) in [6.07, 6.45) is 3.49. The quantitative estimate of drug-likeness (QED) is 0.722. The summed E-state index contributed by atoms with van der Waals surface area (Å²) in [6, 6.07) is 0.412. The van der Waals surface area contributed by atoms with Crippen molar-refractivity contribution in [3.05, 3.63) is 0 Å². The van der Waals surface area contributed by atoms with Crippen LogP contribution in [0, 0.1) is 0 Å². The maximum atomic E-state index is 12.0. The van der Waals surface area contributed by atoms with Crippen LogP contribution in [-0.4, -0.2) is 52.7 Å². The molecular weight excluding hydrogens is 288 g/mol. The lowest BCUT2D eigenvalue weighted by Gasteiger charge is -2.22. The highest BCUT2D eigenvalue weighted by Crippen LogP contribution is 2.18. The van der Waals surface area contributed by atoms with Crippen LogP contribution >= 0.6 is 0 Å².